The second-order valence-electron chi connectivity index (χ2n) is 8.79. The van der Waals surface area contributed by atoms with Gasteiger partial charge in [0.15, 0.2) is 12.2 Å². The molecule has 1 saturated heterocycles. The van der Waals surface area contributed by atoms with E-state index in [1.54, 1.807) is 24.3 Å². The monoisotopic (exact) mass is 544 g/mol. The van der Waals surface area contributed by atoms with E-state index < -0.39 is 60.9 Å². The lowest BCUT2D eigenvalue weighted by Gasteiger charge is -2.49. The highest BCUT2D eigenvalue weighted by atomic mass is 16.9. The minimum Gasteiger partial charge on any atom is -0.463 e. The molecule has 0 radical (unpaired) electrons. The van der Waals surface area contributed by atoms with Crippen molar-refractivity contribution in [3.63, 3.8) is 0 Å². The van der Waals surface area contributed by atoms with Crippen LogP contribution >= 0.6 is 0 Å². The van der Waals surface area contributed by atoms with Crippen molar-refractivity contribution in [3.05, 3.63) is 71.8 Å². The first-order valence-corrected chi connectivity index (χ1v) is 12.3. The summed E-state index contributed by atoms with van der Waals surface area (Å²) in [5.74, 6) is -5.08. The van der Waals surface area contributed by atoms with Gasteiger partial charge in [-0.3, -0.25) is 19.2 Å². The molecule has 0 N–H and O–H groups in total. The third-order valence-electron chi connectivity index (χ3n) is 5.57. The van der Waals surface area contributed by atoms with Crippen LogP contribution in [0.2, 0.25) is 0 Å². The Hall–Kier alpha value is -3.80. The zero-order valence-corrected chi connectivity index (χ0v) is 22.2. The van der Waals surface area contributed by atoms with Crippen LogP contribution in [-0.4, -0.2) is 60.9 Å². The summed E-state index contributed by atoms with van der Waals surface area (Å²) in [6, 6.07) is 18.1. The molecule has 0 amide bonds. The lowest BCUT2D eigenvalue weighted by molar-refractivity contribution is -0.466. The number of benzene rings is 2. The van der Waals surface area contributed by atoms with E-state index in [2.05, 4.69) is 0 Å². The van der Waals surface area contributed by atoms with Gasteiger partial charge < -0.3 is 33.2 Å². The van der Waals surface area contributed by atoms with Gasteiger partial charge in [-0.25, -0.2) is 0 Å². The molecular formula is C28H32O11. The molecule has 11 heteroatoms. The van der Waals surface area contributed by atoms with E-state index in [1.165, 1.54) is 6.92 Å². The maximum Gasteiger partial charge on any atom is 0.327 e. The van der Waals surface area contributed by atoms with Crippen LogP contribution in [0, 0.1) is 0 Å². The average Bonchev–Trinajstić information content (AvgIpc) is 2.89. The van der Waals surface area contributed by atoms with E-state index in [0.717, 1.165) is 31.9 Å². The first-order valence-electron chi connectivity index (χ1n) is 12.3. The van der Waals surface area contributed by atoms with E-state index in [9.17, 15) is 19.2 Å². The van der Waals surface area contributed by atoms with Crippen LogP contribution in [-0.2, 0) is 65.5 Å². The van der Waals surface area contributed by atoms with Gasteiger partial charge >= 0.3 is 29.9 Å². The first kappa shape index (κ1) is 29.8. The Kier molecular flexibility index (Phi) is 10.6. The maximum absolute atomic E-state index is 12.3. The summed E-state index contributed by atoms with van der Waals surface area (Å²) in [6.45, 7) is 4.08. The number of rotatable bonds is 11. The minimum absolute atomic E-state index is 0.0707. The molecule has 1 aliphatic heterocycles. The summed E-state index contributed by atoms with van der Waals surface area (Å²) in [5.41, 5.74) is 1.46. The van der Waals surface area contributed by atoms with Crippen LogP contribution in [0.1, 0.15) is 38.8 Å². The van der Waals surface area contributed by atoms with Gasteiger partial charge in [0.05, 0.1) is 13.2 Å². The highest BCUT2D eigenvalue weighted by Crippen LogP contribution is 2.39. The predicted octanol–water partition coefficient (Wildman–Crippen LogP) is 2.83. The van der Waals surface area contributed by atoms with Crippen molar-refractivity contribution in [1.29, 1.82) is 0 Å². The van der Waals surface area contributed by atoms with Crippen LogP contribution in [0.3, 0.4) is 0 Å². The van der Waals surface area contributed by atoms with Crippen molar-refractivity contribution in [2.45, 2.75) is 71.3 Å². The lowest BCUT2D eigenvalue weighted by atomic mass is 9.96. The Balaban J connectivity index is 2.11. The molecule has 1 fully saturated rings. The van der Waals surface area contributed by atoms with Gasteiger partial charge in [0.2, 0.25) is 6.10 Å². The SMILES string of the molecule is CC(=O)OC[C@H]1OC(OCc2ccccc2)(OCc2ccccc2)[C@H](OC(C)=O)[C@@H](OC(C)=O)[C@@H]1OC(C)=O. The molecule has 1 aliphatic rings. The lowest BCUT2D eigenvalue weighted by Crippen LogP contribution is -2.69. The zero-order chi connectivity index (χ0) is 28.4. The molecule has 0 saturated carbocycles. The van der Waals surface area contributed by atoms with Crippen LogP contribution in [0.25, 0.3) is 0 Å². The molecule has 4 atom stereocenters. The number of ether oxygens (including phenoxy) is 7. The number of hydrogen-bond acceptors (Lipinski definition) is 11. The summed E-state index contributed by atoms with van der Waals surface area (Å²) >= 11 is 0. The molecule has 210 valence electrons. The van der Waals surface area contributed by atoms with E-state index in [4.69, 9.17) is 33.2 Å². The zero-order valence-electron chi connectivity index (χ0n) is 22.2. The van der Waals surface area contributed by atoms with Crippen molar-refractivity contribution in [1.82, 2.24) is 0 Å². The highest BCUT2D eigenvalue weighted by molar-refractivity contribution is 5.68. The van der Waals surface area contributed by atoms with Gasteiger partial charge in [-0.2, -0.15) is 0 Å². The van der Waals surface area contributed by atoms with Gasteiger partial charge in [-0.05, 0) is 11.1 Å². The second kappa shape index (κ2) is 13.8. The fourth-order valence-electron chi connectivity index (χ4n) is 4.02. The molecule has 3 rings (SSSR count). The predicted molar refractivity (Wildman–Crippen MR) is 133 cm³/mol. The van der Waals surface area contributed by atoms with Crippen molar-refractivity contribution < 1.29 is 52.3 Å². The third kappa shape index (κ3) is 8.60. The number of hydrogen-bond donors (Lipinski definition) is 0. The van der Waals surface area contributed by atoms with Crippen LogP contribution in [0.4, 0.5) is 0 Å². The minimum atomic E-state index is -2.18. The summed E-state index contributed by atoms with van der Waals surface area (Å²) < 4.78 is 40.4. The molecule has 2 aromatic carbocycles. The van der Waals surface area contributed by atoms with E-state index in [-0.39, 0.29) is 13.2 Å². The Morgan fingerprint density at radius 1 is 0.667 bits per heavy atom. The average molecular weight is 545 g/mol. The second-order valence-corrected chi connectivity index (χ2v) is 8.79. The van der Waals surface area contributed by atoms with Gasteiger partial charge in [0.1, 0.15) is 12.7 Å². The smallest absolute Gasteiger partial charge is 0.327 e. The van der Waals surface area contributed by atoms with Crippen molar-refractivity contribution in [3.8, 4) is 0 Å². The number of esters is 4. The van der Waals surface area contributed by atoms with Gasteiger partial charge in [-0.15, -0.1) is 0 Å². The fourth-order valence-corrected chi connectivity index (χ4v) is 4.02. The first-order chi connectivity index (χ1) is 18.6. The molecule has 0 unspecified atom stereocenters. The summed E-state index contributed by atoms with van der Waals surface area (Å²) in [6.07, 6.45) is -5.58. The molecule has 11 nitrogen and oxygen atoms in total. The Bertz CT molecular complexity index is 1080. The summed E-state index contributed by atoms with van der Waals surface area (Å²) in [4.78, 5) is 48.2. The van der Waals surface area contributed by atoms with Gasteiger partial charge in [-0.1, -0.05) is 60.7 Å². The van der Waals surface area contributed by atoms with Crippen molar-refractivity contribution in [2.75, 3.05) is 6.61 Å². The van der Waals surface area contributed by atoms with E-state index in [0.29, 0.717) is 0 Å². The van der Waals surface area contributed by atoms with Crippen molar-refractivity contribution >= 4 is 23.9 Å². The number of carbonyl (C=O) groups excluding carboxylic acids is 4. The summed E-state index contributed by atoms with van der Waals surface area (Å²) in [5, 5.41) is 0. The fraction of sp³-hybridized carbons (Fsp3) is 0.429. The van der Waals surface area contributed by atoms with Crippen LogP contribution in [0.15, 0.2) is 60.7 Å². The van der Waals surface area contributed by atoms with E-state index >= 15 is 0 Å². The Morgan fingerprint density at radius 2 is 1.13 bits per heavy atom. The van der Waals surface area contributed by atoms with Gasteiger partial charge in [0, 0.05) is 27.7 Å². The molecule has 0 aromatic heterocycles. The topological polar surface area (TPSA) is 133 Å². The largest absolute Gasteiger partial charge is 0.463 e. The quantitative estimate of drug-likeness (QED) is 0.235. The summed E-state index contributed by atoms with van der Waals surface area (Å²) in [7, 11) is 0. The molecule has 0 spiro atoms. The van der Waals surface area contributed by atoms with Crippen molar-refractivity contribution in [2.24, 2.45) is 0 Å². The number of carbonyl (C=O) groups is 4. The molecule has 0 aliphatic carbocycles. The van der Waals surface area contributed by atoms with Crippen LogP contribution in [0.5, 0.6) is 0 Å². The van der Waals surface area contributed by atoms with Crippen LogP contribution < -0.4 is 0 Å². The normalized spacial score (nSPS) is 21.8. The molecule has 2 aromatic rings. The molecular weight excluding hydrogens is 512 g/mol. The highest BCUT2D eigenvalue weighted by Gasteiger charge is 2.62. The maximum atomic E-state index is 12.3. The molecule has 39 heavy (non-hydrogen) atoms. The molecule has 0 bridgehead atoms. The van der Waals surface area contributed by atoms with E-state index in [1.807, 2.05) is 36.4 Å². The van der Waals surface area contributed by atoms with Gasteiger partial charge in [0.25, 0.3) is 0 Å². The Morgan fingerprint density at radius 3 is 1.56 bits per heavy atom. The standard InChI is InChI=1S/C28H32O11/c1-18(29)33-17-24-25(36-19(2)30)26(37-20(3)31)27(38-21(4)32)28(39-24,34-15-22-11-7-5-8-12-22)35-16-23-13-9-6-10-14-23/h5-14,24-27H,15-17H2,1-4H3/t24-,25-,26+,27-/m1/s1. The Labute approximate surface area is 226 Å². The molecule has 1 heterocycles. The third-order valence-corrected chi connectivity index (χ3v) is 5.57.